The average molecular weight is 380 g/mol. The second kappa shape index (κ2) is 8.56. The van der Waals surface area contributed by atoms with E-state index in [9.17, 15) is 5.11 Å². The molecule has 0 aliphatic heterocycles. The maximum atomic E-state index is 9.60. The summed E-state index contributed by atoms with van der Waals surface area (Å²) in [4.78, 5) is 11.7. The third-order valence-corrected chi connectivity index (χ3v) is 5.40. The van der Waals surface area contributed by atoms with E-state index in [-0.39, 0.29) is 6.61 Å². The molecule has 2 N–H and O–H groups in total. The van der Waals surface area contributed by atoms with Gasteiger partial charge in [-0.15, -0.1) is 0 Å². The summed E-state index contributed by atoms with van der Waals surface area (Å²) in [5.41, 5.74) is 1.96. The summed E-state index contributed by atoms with van der Waals surface area (Å²) in [7, 11) is 1.90. The molecule has 0 amide bonds. The van der Waals surface area contributed by atoms with E-state index in [1.807, 2.05) is 36.3 Å². The van der Waals surface area contributed by atoms with Crippen molar-refractivity contribution in [3.8, 4) is 0 Å². The highest BCUT2D eigenvalue weighted by molar-refractivity contribution is 5.87. The number of benzene rings is 1. The summed E-state index contributed by atoms with van der Waals surface area (Å²) in [6.07, 6.45) is 8.01. The monoisotopic (exact) mass is 380 g/mol. The molecule has 2 heterocycles. The van der Waals surface area contributed by atoms with Gasteiger partial charge in [-0.2, -0.15) is 15.1 Å². The van der Waals surface area contributed by atoms with Crippen LogP contribution < -0.4 is 10.2 Å². The molecule has 148 valence electrons. The van der Waals surface area contributed by atoms with Crippen LogP contribution in [0.1, 0.15) is 37.7 Å². The Morgan fingerprint density at radius 2 is 1.93 bits per heavy atom. The second-order valence-corrected chi connectivity index (χ2v) is 7.49. The van der Waals surface area contributed by atoms with Crippen molar-refractivity contribution in [1.82, 2.24) is 19.7 Å². The predicted molar refractivity (Wildman–Crippen MR) is 111 cm³/mol. The van der Waals surface area contributed by atoms with Crippen LogP contribution in [0.2, 0.25) is 0 Å². The lowest BCUT2D eigenvalue weighted by Crippen LogP contribution is -2.29. The lowest BCUT2D eigenvalue weighted by Gasteiger charge is -2.26. The van der Waals surface area contributed by atoms with Crippen molar-refractivity contribution in [2.24, 2.45) is 7.05 Å². The van der Waals surface area contributed by atoms with Gasteiger partial charge in [-0.25, -0.2) is 0 Å². The van der Waals surface area contributed by atoms with E-state index in [0.29, 0.717) is 25.1 Å². The Labute approximate surface area is 165 Å². The van der Waals surface area contributed by atoms with Gasteiger partial charge in [-0.1, -0.05) is 49.6 Å². The number of fused-ring (bicyclic) bond motifs is 1. The first-order valence-corrected chi connectivity index (χ1v) is 10.1. The zero-order chi connectivity index (χ0) is 19.3. The number of hydrogen-bond acceptors (Lipinski definition) is 6. The number of aliphatic hydroxyl groups is 1. The third-order valence-electron chi connectivity index (χ3n) is 5.40. The zero-order valence-corrected chi connectivity index (χ0v) is 16.4. The Hall–Kier alpha value is -2.67. The molecule has 2 aromatic heterocycles. The van der Waals surface area contributed by atoms with Gasteiger partial charge in [0.05, 0.1) is 18.2 Å². The number of anilines is 2. The first-order chi connectivity index (χ1) is 13.7. The number of nitrogens with one attached hydrogen (secondary N) is 1. The molecule has 1 aliphatic rings. The maximum Gasteiger partial charge on any atom is 0.229 e. The molecule has 0 unspecified atom stereocenters. The molecule has 0 atom stereocenters. The molecule has 1 aliphatic carbocycles. The van der Waals surface area contributed by atoms with Crippen LogP contribution in [0.3, 0.4) is 0 Å². The Morgan fingerprint density at radius 1 is 1.14 bits per heavy atom. The fourth-order valence-corrected chi connectivity index (χ4v) is 3.88. The van der Waals surface area contributed by atoms with Crippen LogP contribution in [0.5, 0.6) is 0 Å². The van der Waals surface area contributed by atoms with Crippen molar-refractivity contribution in [3.63, 3.8) is 0 Å². The van der Waals surface area contributed by atoms with Crippen LogP contribution in [-0.2, 0) is 13.6 Å². The number of aromatic nitrogens is 4. The minimum absolute atomic E-state index is 0.0466. The second-order valence-electron chi connectivity index (χ2n) is 7.49. The fraction of sp³-hybridized carbons (Fsp3) is 0.476. The normalized spacial score (nSPS) is 15.1. The highest BCUT2D eigenvalue weighted by atomic mass is 16.3. The van der Waals surface area contributed by atoms with E-state index in [4.69, 9.17) is 9.97 Å². The molecule has 0 spiro atoms. The minimum atomic E-state index is 0.0466. The number of hydrogen-bond donors (Lipinski definition) is 2. The summed E-state index contributed by atoms with van der Waals surface area (Å²) >= 11 is 0. The van der Waals surface area contributed by atoms with Crippen LogP contribution in [-0.4, -0.2) is 44.0 Å². The first-order valence-electron chi connectivity index (χ1n) is 10.1. The Balaban J connectivity index is 1.68. The van der Waals surface area contributed by atoms with Crippen molar-refractivity contribution < 1.29 is 5.11 Å². The third kappa shape index (κ3) is 4.09. The summed E-state index contributed by atoms with van der Waals surface area (Å²) in [5.74, 6) is 1.46. The lowest BCUT2D eigenvalue weighted by molar-refractivity contribution is 0.301. The molecule has 1 fully saturated rings. The SMILES string of the molecule is Cn1ncc2c(NC3CCCCC3)nc(N(CCO)Cc3ccccc3)nc21. The van der Waals surface area contributed by atoms with Gasteiger partial charge in [0, 0.05) is 26.2 Å². The van der Waals surface area contributed by atoms with Crippen molar-refractivity contribution >= 4 is 22.8 Å². The van der Waals surface area contributed by atoms with Crippen LogP contribution in [0.4, 0.5) is 11.8 Å². The highest BCUT2D eigenvalue weighted by Crippen LogP contribution is 2.27. The van der Waals surface area contributed by atoms with Gasteiger partial charge in [0.15, 0.2) is 5.65 Å². The lowest BCUT2D eigenvalue weighted by atomic mass is 9.95. The molecule has 1 saturated carbocycles. The topological polar surface area (TPSA) is 79.1 Å². The average Bonchev–Trinajstić information content (AvgIpc) is 3.10. The molecule has 7 heteroatoms. The van der Waals surface area contributed by atoms with E-state index in [0.717, 1.165) is 22.4 Å². The van der Waals surface area contributed by atoms with E-state index in [1.165, 1.54) is 32.1 Å². The number of aryl methyl sites for hydroxylation is 1. The van der Waals surface area contributed by atoms with Gasteiger partial charge in [0.1, 0.15) is 5.82 Å². The predicted octanol–water partition coefficient (Wildman–Crippen LogP) is 3.11. The summed E-state index contributed by atoms with van der Waals surface area (Å²) in [5, 5.41) is 18.6. The molecule has 7 nitrogen and oxygen atoms in total. The Kier molecular flexibility index (Phi) is 5.71. The van der Waals surface area contributed by atoms with E-state index in [2.05, 4.69) is 22.5 Å². The van der Waals surface area contributed by atoms with Crippen molar-refractivity contribution in [2.75, 3.05) is 23.4 Å². The van der Waals surface area contributed by atoms with Crippen LogP contribution in [0, 0.1) is 0 Å². The molecular weight excluding hydrogens is 352 g/mol. The summed E-state index contributed by atoms with van der Waals surface area (Å²) in [6.45, 7) is 1.17. The standard InChI is InChI=1S/C21H28N6O/c1-26-20-18(14-22-26)19(23-17-10-6-3-7-11-17)24-21(25-20)27(12-13-28)15-16-8-4-2-5-9-16/h2,4-5,8-9,14,17,28H,3,6-7,10-13,15H2,1H3,(H,23,24,25). The van der Waals surface area contributed by atoms with Gasteiger partial charge in [-0.05, 0) is 18.4 Å². The van der Waals surface area contributed by atoms with Crippen molar-refractivity contribution in [1.29, 1.82) is 0 Å². The molecule has 0 saturated heterocycles. The smallest absolute Gasteiger partial charge is 0.229 e. The first kappa shape index (κ1) is 18.7. The van der Waals surface area contributed by atoms with E-state index in [1.54, 1.807) is 4.68 Å². The Bertz CT molecular complexity index is 904. The molecule has 4 rings (SSSR count). The van der Waals surface area contributed by atoms with Crippen LogP contribution in [0.25, 0.3) is 11.0 Å². The van der Waals surface area contributed by atoms with Gasteiger partial charge < -0.3 is 15.3 Å². The van der Waals surface area contributed by atoms with Gasteiger partial charge in [0.2, 0.25) is 5.95 Å². The minimum Gasteiger partial charge on any atom is -0.395 e. The van der Waals surface area contributed by atoms with Crippen molar-refractivity contribution in [3.05, 3.63) is 42.1 Å². The van der Waals surface area contributed by atoms with E-state index < -0.39 is 0 Å². The molecule has 3 aromatic rings. The largest absolute Gasteiger partial charge is 0.395 e. The van der Waals surface area contributed by atoms with Gasteiger partial charge in [-0.3, -0.25) is 4.68 Å². The quantitative estimate of drug-likeness (QED) is 0.656. The molecule has 0 radical (unpaired) electrons. The van der Waals surface area contributed by atoms with Gasteiger partial charge in [0.25, 0.3) is 0 Å². The molecule has 0 bridgehead atoms. The molecular formula is C21H28N6O. The zero-order valence-electron chi connectivity index (χ0n) is 16.4. The maximum absolute atomic E-state index is 9.60. The van der Waals surface area contributed by atoms with Crippen LogP contribution >= 0.6 is 0 Å². The fourth-order valence-electron chi connectivity index (χ4n) is 3.88. The summed E-state index contributed by atoms with van der Waals surface area (Å²) < 4.78 is 1.78. The molecule has 28 heavy (non-hydrogen) atoms. The van der Waals surface area contributed by atoms with E-state index >= 15 is 0 Å². The number of nitrogens with zero attached hydrogens (tertiary/aromatic N) is 5. The molecule has 1 aromatic carbocycles. The van der Waals surface area contributed by atoms with Gasteiger partial charge >= 0.3 is 0 Å². The number of aliphatic hydroxyl groups excluding tert-OH is 1. The summed E-state index contributed by atoms with van der Waals surface area (Å²) in [6, 6.07) is 10.6. The highest BCUT2D eigenvalue weighted by Gasteiger charge is 2.20. The van der Waals surface area contributed by atoms with Crippen LogP contribution in [0.15, 0.2) is 36.5 Å². The number of rotatable bonds is 7. The van der Waals surface area contributed by atoms with Crippen molar-refractivity contribution in [2.45, 2.75) is 44.7 Å². The Morgan fingerprint density at radius 3 is 2.68 bits per heavy atom.